The van der Waals surface area contributed by atoms with Gasteiger partial charge in [0.25, 0.3) is 0 Å². The molecule has 0 unspecified atom stereocenters. The lowest BCUT2D eigenvalue weighted by Gasteiger charge is -1.96. The third-order valence-corrected chi connectivity index (χ3v) is 2.83. The molecular weight excluding hydrogens is 182 g/mol. The van der Waals surface area contributed by atoms with E-state index in [-0.39, 0.29) is 0 Å². The van der Waals surface area contributed by atoms with E-state index in [2.05, 4.69) is 16.5 Å². The molecule has 0 aliphatic heterocycles. The first-order chi connectivity index (χ1) is 6.20. The van der Waals surface area contributed by atoms with E-state index in [9.17, 15) is 0 Å². The second kappa shape index (κ2) is 2.81. The molecule has 0 atom stereocenters. The number of rotatable bonds is 1. The molecule has 66 valence electrons. The normalized spacial score (nSPS) is 10.5. The fraction of sp³-hybridized carbons (Fsp3) is 0.111. The van der Waals surface area contributed by atoms with Crippen LogP contribution in [-0.4, -0.2) is 9.97 Å². The predicted molar refractivity (Wildman–Crippen MR) is 56.5 cm³/mol. The minimum atomic E-state index is 0.544. The number of allylic oxidation sites excluding steroid dienone is 1. The highest BCUT2D eigenvalue weighted by Gasteiger charge is 2.08. The van der Waals surface area contributed by atoms with Crippen LogP contribution in [0.2, 0.25) is 0 Å². The monoisotopic (exact) mass is 191 g/mol. The minimum Gasteiger partial charge on any atom is -0.382 e. The van der Waals surface area contributed by atoms with E-state index >= 15 is 0 Å². The second-order valence-corrected chi connectivity index (χ2v) is 3.75. The van der Waals surface area contributed by atoms with Gasteiger partial charge in [0.15, 0.2) is 0 Å². The Kier molecular flexibility index (Phi) is 1.77. The molecule has 0 fully saturated rings. The van der Waals surface area contributed by atoms with Crippen LogP contribution in [0.5, 0.6) is 0 Å². The van der Waals surface area contributed by atoms with E-state index in [1.54, 1.807) is 11.3 Å². The number of nitrogen functional groups attached to an aromatic ring is 1. The molecular formula is C9H9N3S. The Balaban J connectivity index is 2.83. The number of hydrogen-bond acceptors (Lipinski definition) is 4. The lowest BCUT2D eigenvalue weighted by Crippen LogP contribution is -1.90. The molecule has 0 saturated heterocycles. The summed E-state index contributed by atoms with van der Waals surface area (Å²) in [6.07, 6.45) is 1.48. The molecule has 0 spiro atoms. The number of fused-ring (bicyclic) bond motifs is 1. The molecule has 0 aliphatic rings. The summed E-state index contributed by atoms with van der Waals surface area (Å²) in [6.45, 7) is 5.84. The smallest absolute Gasteiger partial charge is 0.144 e. The van der Waals surface area contributed by atoms with Crippen LogP contribution in [0.15, 0.2) is 18.3 Å². The van der Waals surface area contributed by atoms with Gasteiger partial charge in [-0.1, -0.05) is 6.58 Å². The van der Waals surface area contributed by atoms with Crippen LogP contribution in [0.4, 0.5) is 5.82 Å². The highest BCUT2D eigenvalue weighted by atomic mass is 32.1. The molecule has 0 saturated carbocycles. The van der Waals surface area contributed by atoms with Gasteiger partial charge in [-0.25, -0.2) is 9.97 Å². The Morgan fingerprint density at radius 2 is 2.31 bits per heavy atom. The van der Waals surface area contributed by atoms with Crippen LogP contribution in [0, 0.1) is 0 Å². The summed E-state index contributed by atoms with van der Waals surface area (Å²) < 4.78 is 0.945. The van der Waals surface area contributed by atoms with Crippen molar-refractivity contribution < 1.29 is 0 Å². The van der Waals surface area contributed by atoms with Crippen molar-refractivity contribution in [1.29, 1.82) is 0 Å². The third kappa shape index (κ3) is 1.19. The SMILES string of the molecule is C=C(C)c1csc2c(N)ncnc12. The van der Waals surface area contributed by atoms with Gasteiger partial charge in [-0.3, -0.25) is 0 Å². The molecule has 2 heterocycles. The van der Waals surface area contributed by atoms with E-state index in [4.69, 9.17) is 5.73 Å². The van der Waals surface area contributed by atoms with E-state index in [0.717, 1.165) is 21.4 Å². The zero-order valence-electron chi connectivity index (χ0n) is 7.24. The van der Waals surface area contributed by atoms with Crippen molar-refractivity contribution in [2.45, 2.75) is 6.92 Å². The molecule has 4 heteroatoms. The molecule has 0 radical (unpaired) electrons. The van der Waals surface area contributed by atoms with E-state index in [1.165, 1.54) is 6.33 Å². The molecule has 2 aromatic rings. The fourth-order valence-electron chi connectivity index (χ4n) is 1.17. The zero-order chi connectivity index (χ0) is 9.42. The van der Waals surface area contributed by atoms with Crippen molar-refractivity contribution in [2.24, 2.45) is 0 Å². The maximum Gasteiger partial charge on any atom is 0.144 e. The molecule has 0 bridgehead atoms. The van der Waals surface area contributed by atoms with Crippen molar-refractivity contribution in [3.8, 4) is 0 Å². The number of nitrogens with two attached hydrogens (primary N) is 1. The maximum atomic E-state index is 5.70. The Morgan fingerprint density at radius 3 is 3.00 bits per heavy atom. The number of thiophene rings is 1. The Morgan fingerprint density at radius 1 is 1.54 bits per heavy atom. The van der Waals surface area contributed by atoms with Crippen molar-refractivity contribution in [2.75, 3.05) is 5.73 Å². The van der Waals surface area contributed by atoms with Crippen LogP contribution >= 0.6 is 11.3 Å². The van der Waals surface area contributed by atoms with Gasteiger partial charge in [-0.05, 0) is 12.5 Å². The third-order valence-electron chi connectivity index (χ3n) is 1.84. The van der Waals surface area contributed by atoms with Gasteiger partial charge < -0.3 is 5.73 Å². The molecule has 2 N–H and O–H groups in total. The summed E-state index contributed by atoms with van der Waals surface area (Å²) in [6, 6.07) is 0. The summed E-state index contributed by atoms with van der Waals surface area (Å²) >= 11 is 1.56. The number of aromatic nitrogens is 2. The molecule has 13 heavy (non-hydrogen) atoms. The number of anilines is 1. The average molecular weight is 191 g/mol. The van der Waals surface area contributed by atoms with Crippen LogP contribution in [-0.2, 0) is 0 Å². The lowest BCUT2D eigenvalue weighted by atomic mass is 10.1. The first-order valence-corrected chi connectivity index (χ1v) is 4.71. The van der Waals surface area contributed by atoms with Crippen LogP contribution in [0.3, 0.4) is 0 Å². The Bertz CT molecular complexity index is 473. The topological polar surface area (TPSA) is 51.8 Å². The summed E-state index contributed by atoms with van der Waals surface area (Å²) in [5, 5.41) is 2.01. The molecule has 0 amide bonds. The highest BCUT2D eigenvalue weighted by Crippen LogP contribution is 2.30. The molecule has 0 aliphatic carbocycles. The average Bonchev–Trinajstić information content (AvgIpc) is 2.48. The van der Waals surface area contributed by atoms with Crippen LogP contribution in [0.1, 0.15) is 12.5 Å². The molecule has 2 rings (SSSR count). The van der Waals surface area contributed by atoms with Gasteiger partial charge in [0, 0.05) is 10.9 Å². The van der Waals surface area contributed by atoms with Crippen molar-refractivity contribution in [3.05, 3.63) is 23.8 Å². The van der Waals surface area contributed by atoms with Gasteiger partial charge in [0.1, 0.15) is 12.1 Å². The minimum absolute atomic E-state index is 0.544. The highest BCUT2D eigenvalue weighted by molar-refractivity contribution is 7.18. The first-order valence-electron chi connectivity index (χ1n) is 3.83. The summed E-state index contributed by atoms with van der Waals surface area (Å²) in [5.74, 6) is 0.544. The maximum absolute atomic E-state index is 5.70. The standard InChI is InChI=1S/C9H9N3S/c1-5(2)6-3-13-8-7(6)11-4-12-9(8)10/h3-4H,1H2,2H3,(H2,10,11,12). The Hall–Kier alpha value is -1.42. The Labute approximate surface area is 79.9 Å². The summed E-state index contributed by atoms with van der Waals surface area (Å²) in [4.78, 5) is 8.11. The zero-order valence-corrected chi connectivity index (χ0v) is 8.06. The quantitative estimate of drug-likeness (QED) is 0.752. The fourth-order valence-corrected chi connectivity index (χ4v) is 2.17. The van der Waals surface area contributed by atoms with Crippen LogP contribution < -0.4 is 5.73 Å². The van der Waals surface area contributed by atoms with Gasteiger partial charge >= 0.3 is 0 Å². The number of nitrogens with zero attached hydrogens (tertiary/aromatic N) is 2. The molecule has 3 nitrogen and oxygen atoms in total. The van der Waals surface area contributed by atoms with E-state index < -0.39 is 0 Å². The summed E-state index contributed by atoms with van der Waals surface area (Å²) in [7, 11) is 0. The van der Waals surface area contributed by atoms with Crippen molar-refractivity contribution in [1.82, 2.24) is 9.97 Å². The largest absolute Gasteiger partial charge is 0.382 e. The van der Waals surface area contributed by atoms with Crippen molar-refractivity contribution in [3.63, 3.8) is 0 Å². The van der Waals surface area contributed by atoms with Crippen LogP contribution in [0.25, 0.3) is 15.8 Å². The van der Waals surface area contributed by atoms with Gasteiger partial charge in [0.2, 0.25) is 0 Å². The van der Waals surface area contributed by atoms with Gasteiger partial charge in [-0.15, -0.1) is 11.3 Å². The second-order valence-electron chi connectivity index (χ2n) is 2.87. The van der Waals surface area contributed by atoms with Gasteiger partial charge in [-0.2, -0.15) is 0 Å². The molecule has 0 aromatic carbocycles. The predicted octanol–water partition coefficient (Wildman–Crippen LogP) is 2.31. The van der Waals surface area contributed by atoms with Gasteiger partial charge in [0.05, 0.1) is 10.2 Å². The summed E-state index contributed by atoms with van der Waals surface area (Å²) in [5.41, 5.74) is 8.67. The lowest BCUT2D eigenvalue weighted by molar-refractivity contribution is 1.23. The first kappa shape index (κ1) is 8.19. The van der Waals surface area contributed by atoms with E-state index in [0.29, 0.717) is 5.82 Å². The van der Waals surface area contributed by atoms with Crippen molar-refractivity contribution >= 4 is 32.9 Å². The molecule has 2 aromatic heterocycles. The van der Waals surface area contributed by atoms with E-state index in [1.807, 2.05) is 12.3 Å². The number of hydrogen-bond donors (Lipinski definition) is 1.